The van der Waals surface area contributed by atoms with Crippen LogP contribution >= 0.6 is 0 Å². The van der Waals surface area contributed by atoms with Gasteiger partial charge in [0.05, 0.1) is 12.2 Å². The van der Waals surface area contributed by atoms with Gasteiger partial charge in [-0.1, -0.05) is 36.4 Å². The van der Waals surface area contributed by atoms with E-state index in [0.717, 1.165) is 5.56 Å². The van der Waals surface area contributed by atoms with Gasteiger partial charge in [0.2, 0.25) is 0 Å². The van der Waals surface area contributed by atoms with Gasteiger partial charge < -0.3 is 10.1 Å². The lowest BCUT2D eigenvalue weighted by Crippen LogP contribution is -2.39. The van der Waals surface area contributed by atoms with Crippen LogP contribution in [0.15, 0.2) is 71.5 Å². The summed E-state index contributed by atoms with van der Waals surface area (Å²) in [6.07, 6.45) is -0.804. The largest absolute Gasteiger partial charge is 0.481 e. The van der Waals surface area contributed by atoms with Gasteiger partial charge in [-0.25, -0.2) is 9.07 Å². The minimum atomic E-state index is -0.804. The third kappa shape index (κ3) is 5.03. The minimum Gasteiger partial charge on any atom is -0.481 e. The lowest BCUT2D eigenvalue weighted by Gasteiger charge is -2.15. The van der Waals surface area contributed by atoms with Crippen LogP contribution in [-0.2, 0) is 11.3 Å². The molecular weight excluding hydrogens is 361 g/mol. The number of hydrogen-bond acceptors (Lipinski definition) is 4. The summed E-state index contributed by atoms with van der Waals surface area (Å²) in [5.74, 6) is -0.526. The number of carbonyl (C=O) groups excluding carboxylic acids is 1. The fourth-order valence-corrected chi connectivity index (χ4v) is 2.60. The Morgan fingerprint density at radius 2 is 1.93 bits per heavy atom. The zero-order valence-electron chi connectivity index (χ0n) is 15.3. The van der Waals surface area contributed by atoms with Crippen molar-refractivity contribution in [2.75, 3.05) is 6.54 Å². The normalized spacial score (nSPS) is 11.6. The van der Waals surface area contributed by atoms with Crippen molar-refractivity contribution in [3.63, 3.8) is 0 Å². The third-order valence-electron chi connectivity index (χ3n) is 4.04. The molecule has 0 radical (unpaired) electrons. The number of carbonyl (C=O) groups is 1. The van der Waals surface area contributed by atoms with Crippen LogP contribution in [0.4, 0.5) is 4.39 Å². The molecule has 28 heavy (non-hydrogen) atoms. The molecule has 7 heteroatoms. The van der Waals surface area contributed by atoms with Crippen LogP contribution in [0, 0.1) is 5.82 Å². The van der Waals surface area contributed by atoms with Crippen molar-refractivity contribution in [2.45, 2.75) is 19.6 Å². The van der Waals surface area contributed by atoms with Crippen LogP contribution < -0.4 is 15.6 Å². The number of amides is 1. The van der Waals surface area contributed by atoms with E-state index in [0.29, 0.717) is 5.69 Å². The van der Waals surface area contributed by atoms with Crippen molar-refractivity contribution in [1.29, 1.82) is 0 Å². The number of rotatable bonds is 7. The molecule has 1 N–H and O–H groups in total. The highest BCUT2D eigenvalue weighted by Crippen LogP contribution is 2.14. The molecule has 0 saturated heterocycles. The second-order valence-corrected chi connectivity index (χ2v) is 6.15. The first-order valence-electron chi connectivity index (χ1n) is 8.86. The molecule has 0 spiro atoms. The number of hydrogen-bond donors (Lipinski definition) is 1. The average Bonchev–Trinajstić information content (AvgIpc) is 2.70. The first kappa shape index (κ1) is 19.3. The number of halogens is 1. The zero-order valence-corrected chi connectivity index (χ0v) is 15.3. The summed E-state index contributed by atoms with van der Waals surface area (Å²) in [4.78, 5) is 24.2. The van der Waals surface area contributed by atoms with Gasteiger partial charge in [-0.3, -0.25) is 9.59 Å². The second-order valence-electron chi connectivity index (χ2n) is 6.15. The Balaban J connectivity index is 1.57. The number of benzene rings is 2. The van der Waals surface area contributed by atoms with E-state index >= 15 is 0 Å². The Morgan fingerprint density at radius 1 is 1.14 bits per heavy atom. The van der Waals surface area contributed by atoms with Crippen LogP contribution in [0.3, 0.4) is 0 Å². The third-order valence-corrected chi connectivity index (χ3v) is 4.04. The van der Waals surface area contributed by atoms with E-state index in [1.54, 1.807) is 19.1 Å². The minimum absolute atomic E-state index is 0.209. The van der Waals surface area contributed by atoms with Gasteiger partial charge in [0.25, 0.3) is 11.5 Å². The van der Waals surface area contributed by atoms with E-state index in [9.17, 15) is 14.0 Å². The van der Waals surface area contributed by atoms with Gasteiger partial charge in [-0.2, -0.15) is 5.10 Å². The molecule has 2 aromatic carbocycles. The molecule has 1 heterocycles. The molecule has 3 rings (SSSR count). The average molecular weight is 381 g/mol. The monoisotopic (exact) mass is 381 g/mol. The first-order chi connectivity index (χ1) is 13.5. The molecule has 0 bridgehead atoms. The van der Waals surface area contributed by atoms with Gasteiger partial charge in [0.15, 0.2) is 6.10 Å². The molecule has 6 nitrogen and oxygen atoms in total. The van der Waals surface area contributed by atoms with E-state index in [2.05, 4.69) is 10.4 Å². The highest BCUT2D eigenvalue weighted by atomic mass is 19.1. The SMILES string of the molecule is CC(Oc1cccc(F)c1)C(=O)NCCn1nc(-c2ccccc2)ccc1=O. The standard InChI is InChI=1S/C21H20FN3O3/c1-15(28-18-9-5-8-17(22)14-18)21(27)23-12-13-25-20(26)11-10-19(24-25)16-6-3-2-4-7-16/h2-11,14-15H,12-13H2,1H3,(H,23,27). The molecule has 0 fully saturated rings. The van der Waals surface area contributed by atoms with Crippen LogP contribution in [0.25, 0.3) is 11.3 Å². The second kappa shape index (κ2) is 8.94. The van der Waals surface area contributed by atoms with Crippen LogP contribution in [0.2, 0.25) is 0 Å². The Kier molecular flexibility index (Phi) is 6.16. The summed E-state index contributed by atoms with van der Waals surface area (Å²) >= 11 is 0. The smallest absolute Gasteiger partial charge is 0.266 e. The summed E-state index contributed by atoms with van der Waals surface area (Å²) in [7, 11) is 0. The molecule has 0 saturated carbocycles. The highest BCUT2D eigenvalue weighted by molar-refractivity contribution is 5.80. The van der Waals surface area contributed by atoms with Gasteiger partial charge in [-0.15, -0.1) is 0 Å². The maximum absolute atomic E-state index is 13.2. The summed E-state index contributed by atoms with van der Waals surface area (Å²) in [6, 6.07) is 18.2. The molecule has 1 unspecified atom stereocenters. The number of nitrogens with one attached hydrogen (secondary N) is 1. The fraction of sp³-hybridized carbons (Fsp3) is 0.190. The first-order valence-corrected chi connectivity index (χ1v) is 8.86. The molecule has 3 aromatic rings. The van der Waals surface area contributed by atoms with Crippen LogP contribution in [0.1, 0.15) is 6.92 Å². The van der Waals surface area contributed by atoms with Crippen molar-refractivity contribution in [1.82, 2.24) is 15.1 Å². The van der Waals surface area contributed by atoms with Gasteiger partial charge >= 0.3 is 0 Å². The summed E-state index contributed by atoms with van der Waals surface area (Å²) < 4.78 is 19.9. The van der Waals surface area contributed by atoms with Crippen LogP contribution in [-0.4, -0.2) is 28.3 Å². The molecule has 144 valence electrons. The van der Waals surface area contributed by atoms with Crippen LogP contribution in [0.5, 0.6) is 5.75 Å². The van der Waals surface area contributed by atoms with Crippen molar-refractivity contribution < 1.29 is 13.9 Å². The molecule has 0 aliphatic rings. The Labute approximate surface area is 161 Å². The highest BCUT2D eigenvalue weighted by Gasteiger charge is 2.14. The Morgan fingerprint density at radius 3 is 2.68 bits per heavy atom. The lowest BCUT2D eigenvalue weighted by molar-refractivity contribution is -0.127. The molecule has 1 amide bonds. The van der Waals surface area contributed by atoms with Gasteiger partial charge in [0, 0.05) is 24.2 Å². The van der Waals surface area contributed by atoms with E-state index < -0.39 is 11.9 Å². The van der Waals surface area contributed by atoms with Gasteiger partial charge in [0.1, 0.15) is 11.6 Å². The predicted octanol–water partition coefficient (Wildman–Crippen LogP) is 2.63. The lowest BCUT2D eigenvalue weighted by atomic mass is 10.1. The van der Waals surface area contributed by atoms with E-state index in [1.165, 1.54) is 28.9 Å². The van der Waals surface area contributed by atoms with Crippen molar-refractivity contribution in [3.8, 4) is 17.0 Å². The summed E-state index contributed by atoms with van der Waals surface area (Å²) in [5.41, 5.74) is 1.32. The fourth-order valence-electron chi connectivity index (χ4n) is 2.60. The number of aromatic nitrogens is 2. The zero-order chi connectivity index (χ0) is 19.9. The number of nitrogens with zero attached hydrogens (tertiary/aromatic N) is 2. The van der Waals surface area contributed by atoms with Crippen molar-refractivity contribution >= 4 is 5.91 Å². The quantitative estimate of drug-likeness (QED) is 0.683. The van der Waals surface area contributed by atoms with Gasteiger partial charge in [-0.05, 0) is 25.1 Å². The predicted molar refractivity (Wildman–Crippen MR) is 103 cm³/mol. The molecular formula is C21H20FN3O3. The van der Waals surface area contributed by atoms with Crippen molar-refractivity contribution in [2.24, 2.45) is 0 Å². The molecule has 1 aromatic heterocycles. The summed E-state index contributed by atoms with van der Waals surface area (Å²) in [6.45, 7) is 2.00. The Hall–Kier alpha value is -3.48. The Bertz CT molecular complexity index is 1010. The molecule has 0 aliphatic carbocycles. The number of ether oxygens (including phenoxy) is 1. The molecule has 1 atom stereocenters. The summed E-state index contributed by atoms with van der Waals surface area (Å²) in [5, 5.41) is 7.04. The van der Waals surface area contributed by atoms with E-state index in [-0.39, 0.29) is 30.3 Å². The van der Waals surface area contributed by atoms with Crippen molar-refractivity contribution in [3.05, 3.63) is 82.9 Å². The maximum atomic E-state index is 13.2. The topological polar surface area (TPSA) is 73.2 Å². The van der Waals surface area contributed by atoms with E-state index in [4.69, 9.17) is 4.74 Å². The van der Waals surface area contributed by atoms with E-state index in [1.807, 2.05) is 30.3 Å². The molecule has 0 aliphatic heterocycles. The maximum Gasteiger partial charge on any atom is 0.266 e.